The molecule has 0 saturated carbocycles. The van der Waals surface area contributed by atoms with Crippen molar-refractivity contribution in [2.45, 2.75) is 32.4 Å². The number of rotatable bonds is 4. The molecular weight excluding hydrogens is 210 g/mol. The van der Waals surface area contributed by atoms with Crippen molar-refractivity contribution in [3.63, 3.8) is 0 Å². The third-order valence-electron chi connectivity index (χ3n) is 3.02. The Kier molecular flexibility index (Phi) is 3.07. The second-order valence-corrected chi connectivity index (χ2v) is 5.00. The Labute approximate surface area is 102 Å². The van der Waals surface area contributed by atoms with Gasteiger partial charge < -0.3 is 9.67 Å². The molecule has 1 atom stereocenters. The maximum Gasteiger partial charge on any atom is 0.0831 e. The lowest BCUT2D eigenvalue weighted by Crippen LogP contribution is -2.29. The van der Waals surface area contributed by atoms with Crippen LogP contribution in [0.3, 0.4) is 0 Å². The largest absolute Gasteiger partial charge is 0.388 e. The topological polar surface area (TPSA) is 25.2 Å². The molecule has 1 aromatic carbocycles. The molecule has 2 heteroatoms. The van der Waals surface area contributed by atoms with Crippen LogP contribution in [0.5, 0.6) is 0 Å². The lowest BCUT2D eigenvalue weighted by Gasteiger charge is -2.22. The number of hydrogen-bond acceptors (Lipinski definition) is 1. The molecule has 1 heterocycles. The summed E-state index contributed by atoms with van der Waals surface area (Å²) in [7, 11) is 0. The summed E-state index contributed by atoms with van der Waals surface area (Å²) >= 11 is 0. The van der Waals surface area contributed by atoms with E-state index in [0.717, 1.165) is 0 Å². The summed E-state index contributed by atoms with van der Waals surface area (Å²) in [5.74, 6) is 0. The summed E-state index contributed by atoms with van der Waals surface area (Å²) in [6, 6.07) is 8.45. The summed E-state index contributed by atoms with van der Waals surface area (Å²) in [6.07, 6.45) is 4.38. The van der Waals surface area contributed by atoms with E-state index in [2.05, 4.69) is 42.3 Å². The van der Waals surface area contributed by atoms with Gasteiger partial charge in [-0.1, -0.05) is 17.7 Å². The Bertz CT molecular complexity index is 537. The lowest BCUT2D eigenvalue weighted by molar-refractivity contribution is 0.0462. The second kappa shape index (κ2) is 4.38. The first kappa shape index (κ1) is 11.9. The Morgan fingerprint density at radius 2 is 2.18 bits per heavy atom. The smallest absolute Gasteiger partial charge is 0.0831 e. The third kappa shape index (κ3) is 2.59. The highest BCUT2D eigenvalue weighted by atomic mass is 16.3. The van der Waals surface area contributed by atoms with Crippen molar-refractivity contribution in [1.29, 1.82) is 0 Å². The number of nitrogens with zero attached hydrogens (tertiary/aromatic N) is 1. The molecule has 0 aliphatic carbocycles. The molecule has 17 heavy (non-hydrogen) atoms. The van der Waals surface area contributed by atoms with Gasteiger partial charge in [-0.25, -0.2) is 0 Å². The van der Waals surface area contributed by atoms with Crippen LogP contribution in [0.1, 0.15) is 18.9 Å². The minimum absolute atomic E-state index is 0.589. The van der Waals surface area contributed by atoms with Crippen molar-refractivity contribution in [2.24, 2.45) is 0 Å². The van der Waals surface area contributed by atoms with E-state index in [1.165, 1.54) is 16.5 Å². The zero-order valence-electron chi connectivity index (χ0n) is 10.5. The minimum atomic E-state index is -0.738. The van der Waals surface area contributed by atoms with Gasteiger partial charge in [0, 0.05) is 11.7 Å². The summed E-state index contributed by atoms with van der Waals surface area (Å²) in [5, 5.41) is 11.4. The number of benzene rings is 1. The fourth-order valence-corrected chi connectivity index (χ4v) is 2.20. The van der Waals surface area contributed by atoms with Crippen molar-refractivity contribution >= 4 is 10.9 Å². The van der Waals surface area contributed by atoms with E-state index in [9.17, 15) is 5.11 Å². The molecule has 2 rings (SSSR count). The van der Waals surface area contributed by atoms with Gasteiger partial charge in [-0.3, -0.25) is 0 Å². The van der Waals surface area contributed by atoms with Crippen LogP contribution >= 0.6 is 0 Å². The zero-order valence-corrected chi connectivity index (χ0v) is 10.5. The highest BCUT2D eigenvalue weighted by Crippen LogP contribution is 2.21. The third-order valence-corrected chi connectivity index (χ3v) is 3.02. The van der Waals surface area contributed by atoms with Crippen LogP contribution in [0.15, 0.2) is 43.1 Å². The van der Waals surface area contributed by atoms with E-state index in [1.807, 2.05) is 13.1 Å². The number of fused-ring (bicyclic) bond motifs is 1. The maximum atomic E-state index is 10.2. The lowest BCUT2D eigenvalue weighted by atomic mass is 10.0. The van der Waals surface area contributed by atoms with Gasteiger partial charge >= 0.3 is 0 Å². The number of aliphatic hydroxyl groups is 1. The average Bonchev–Trinajstić information content (AvgIpc) is 2.60. The summed E-state index contributed by atoms with van der Waals surface area (Å²) in [4.78, 5) is 0. The van der Waals surface area contributed by atoms with Crippen molar-refractivity contribution < 1.29 is 5.11 Å². The Balaban J connectivity index is 2.33. The quantitative estimate of drug-likeness (QED) is 0.800. The van der Waals surface area contributed by atoms with Crippen LogP contribution in [0.2, 0.25) is 0 Å². The van der Waals surface area contributed by atoms with Crippen LogP contribution in [0.4, 0.5) is 0 Å². The molecule has 0 radical (unpaired) electrons. The SMILES string of the molecule is C=CC[C@](C)(O)Cn1ccc2cc(C)ccc21. The first-order valence-corrected chi connectivity index (χ1v) is 5.91. The van der Waals surface area contributed by atoms with Crippen LogP contribution < -0.4 is 0 Å². The molecule has 1 aromatic heterocycles. The highest BCUT2D eigenvalue weighted by molar-refractivity contribution is 5.80. The fraction of sp³-hybridized carbons (Fsp3) is 0.333. The van der Waals surface area contributed by atoms with E-state index in [0.29, 0.717) is 13.0 Å². The summed E-state index contributed by atoms with van der Waals surface area (Å²) in [6.45, 7) is 8.20. The first-order chi connectivity index (χ1) is 8.02. The van der Waals surface area contributed by atoms with E-state index in [1.54, 1.807) is 6.08 Å². The molecule has 0 spiro atoms. The molecule has 1 N–H and O–H groups in total. The molecule has 0 bridgehead atoms. The van der Waals surface area contributed by atoms with Gasteiger partial charge in [-0.2, -0.15) is 0 Å². The van der Waals surface area contributed by atoms with Gasteiger partial charge in [0.05, 0.1) is 12.1 Å². The monoisotopic (exact) mass is 229 g/mol. The minimum Gasteiger partial charge on any atom is -0.388 e. The van der Waals surface area contributed by atoms with Crippen LogP contribution in [-0.4, -0.2) is 15.3 Å². The fourth-order valence-electron chi connectivity index (χ4n) is 2.20. The second-order valence-electron chi connectivity index (χ2n) is 5.00. The molecule has 2 aromatic rings. The zero-order chi connectivity index (χ0) is 12.5. The van der Waals surface area contributed by atoms with E-state index in [-0.39, 0.29) is 0 Å². The number of aryl methyl sites for hydroxylation is 1. The molecule has 0 amide bonds. The standard InChI is InChI=1S/C15H19NO/c1-4-8-15(3,17)11-16-9-7-13-10-12(2)5-6-14(13)16/h4-7,9-10,17H,1,8,11H2,2-3H3/t15-/m0/s1. The Morgan fingerprint density at radius 3 is 2.88 bits per heavy atom. The van der Waals surface area contributed by atoms with Crippen molar-refractivity contribution in [2.75, 3.05) is 0 Å². The van der Waals surface area contributed by atoms with Gasteiger partial charge in [0.2, 0.25) is 0 Å². The van der Waals surface area contributed by atoms with E-state index < -0.39 is 5.60 Å². The molecule has 0 fully saturated rings. The molecule has 0 saturated heterocycles. The Hall–Kier alpha value is -1.54. The molecule has 90 valence electrons. The molecular formula is C15H19NO. The van der Waals surface area contributed by atoms with Crippen molar-refractivity contribution in [3.05, 3.63) is 48.7 Å². The van der Waals surface area contributed by atoms with Crippen LogP contribution in [0.25, 0.3) is 10.9 Å². The predicted octanol–water partition coefficient (Wildman–Crippen LogP) is 3.28. The number of aromatic nitrogens is 1. The summed E-state index contributed by atoms with van der Waals surface area (Å²) in [5.41, 5.74) is 1.69. The molecule has 0 aliphatic rings. The van der Waals surface area contributed by atoms with Crippen molar-refractivity contribution in [3.8, 4) is 0 Å². The predicted molar refractivity (Wildman–Crippen MR) is 72.1 cm³/mol. The maximum absolute atomic E-state index is 10.2. The number of hydrogen-bond donors (Lipinski definition) is 1. The van der Waals surface area contributed by atoms with Gasteiger partial charge in [-0.15, -0.1) is 6.58 Å². The summed E-state index contributed by atoms with van der Waals surface area (Å²) < 4.78 is 2.10. The van der Waals surface area contributed by atoms with Crippen LogP contribution in [0, 0.1) is 6.92 Å². The van der Waals surface area contributed by atoms with Gasteiger partial charge in [0.15, 0.2) is 0 Å². The average molecular weight is 229 g/mol. The molecule has 2 nitrogen and oxygen atoms in total. The van der Waals surface area contributed by atoms with Crippen molar-refractivity contribution in [1.82, 2.24) is 4.57 Å². The van der Waals surface area contributed by atoms with Crippen LogP contribution in [-0.2, 0) is 6.54 Å². The van der Waals surface area contributed by atoms with Gasteiger partial charge in [0.25, 0.3) is 0 Å². The van der Waals surface area contributed by atoms with E-state index in [4.69, 9.17) is 0 Å². The molecule has 0 unspecified atom stereocenters. The van der Waals surface area contributed by atoms with E-state index >= 15 is 0 Å². The van der Waals surface area contributed by atoms with Gasteiger partial charge in [-0.05, 0) is 43.9 Å². The van der Waals surface area contributed by atoms with Gasteiger partial charge in [0.1, 0.15) is 0 Å². The highest BCUT2D eigenvalue weighted by Gasteiger charge is 2.19. The molecule has 0 aliphatic heterocycles. The normalized spacial score (nSPS) is 14.8. The first-order valence-electron chi connectivity index (χ1n) is 5.91. The Morgan fingerprint density at radius 1 is 1.41 bits per heavy atom.